The van der Waals surface area contributed by atoms with Gasteiger partial charge in [0, 0.05) is 37.8 Å². The molecule has 0 saturated carbocycles. The van der Waals surface area contributed by atoms with Crippen molar-refractivity contribution in [3.05, 3.63) is 84.2 Å². The maximum absolute atomic E-state index is 2.77. The maximum Gasteiger partial charge on any atom is 0.123 e. The predicted octanol–water partition coefficient (Wildman–Crippen LogP) is 12.3. The first kappa shape index (κ1) is 35.3. The van der Waals surface area contributed by atoms with E-state index in [4.69, 9.17) is 0 Å². The average molecular weight is 587 g/mol. The predicted molar refractivity (Wildman–Crippen MR) is 189 cm³/mol. The van der Waals surface area contributed by atoms with E-state index in [2.05, 4.69) is 104 Å². The van der Waals surface area contributed by atoms with Crippen LogP contribution in [-0.2, 0) is 6.42 Å². The van der Waals surface area contributed by atoms with E-state index >= 15 is 0 Å². The number of unbranched alkanes of at least 4 members (excludes halogenated alkanes) is 16. The zero-order chi connectivity index (χ0) is 30.4. The number of rotatable bonds is 25. The highest BCUT2D eigenvalue weighted by Crippen LogP contribution is 2.45. The molecule has 1 aliphatic rings. The first-order valence-corrected chi connectivity index (χ1v) is 18.6. The van der Waals surface area contributed by atoms with Crippen LogP contribution in [0, 0.1) is 0 Å². The molecule has 0 radical (unpaired) electrons. The highest BCUT2D eigenvalue weighted by Gasteiger charge is 2.49. The molecule has 3 rings (SSSR count). The van der Waals surface area contributed by atoms with Crippen LogP contribution in [0.4, 0.5) is 0 Å². The Balaban J connectivity index is 1.71. The Hall–Kier alpha value is -2.22. The minimum absolute atomic E-state index is 0.0577. The minimum Gasteiger partial charge on any atom is -0.353 e. The van der Waals surface area contributed by atoms with E-state index in [1.165, 1.54) is 127 Å². The Morgan fingerprint density at radius 1 is 0.488 bits per heavy atom. The van der Waals surface area contributed by atoms with Gasteiger partial charge < -0.3 is 9.80 Å². The van der Waals surface area contributed by atoms with Crippen LogP contribution in [0.1, 0.15) is 160 Å². The van der Waals surface area contributed by atoms with Crippen LogP contribution < -0.4 is 0 Å². The summed E-state index contributed by atoms with van der Waals surface area (Å²) in [6.45, 7) is 9.33. The van der Waals surface area contributed by atoms with Crippen molar-refractivity contribution >= 4 is 0 Å². The van der Waals surface area contributed by atoms with Crippen molar-refractivity contribution in [3.63, 3.8) is 0 Å². The van der Waals surface area contributed by atoms with Crippen LogP contribution in [0.5, 0.6) is 0 Å². The number of benzene rings is 2. The molecule has 0 amide bonds. The van der Waals surface area contributed by atoms with Crippen molar-refractivity contribution in [2.75, 3.05) is 13.1 Å². The monoisotopic (exact) mass is 587 g/mol. The van der Waals surface area contributed by atoms with Crippen LogP contribution >= 0.6 is 0 Å². The fourth-order valence-electron chi connectivity index (χ4n) is 7.44. The van der Waals surface area contributed by atoms with Gasteiger partial charge in [-0.15, -0.1) is 0 Å². The first-order valence-electron chi connectivity index (χ1n) is 18.6. The largest absolute Gasteiger partial charge is 0.353 e. The molecule has 43 heavy (non-hydrogen) atoms. The van der Waals surface area contributed by atoms with Crippen molar-refractivity contribution in [2.24, 2.45) is 0 Å². The van der Waals surface area contributed by atoms with Crippen LogP contribution in [0.25, 0.3) is 0 Å². The summed E-state index contributed by atoms with van der Waals surface area (Å²) in [6.07, 6.45) is 32.0. The second-order valence-electron chi connectivity index (χ2n) is 13.3. The van der Waals surface area contributed by atoms with E-state index in [1.54, 1.807) is 0 Å². The molecule has 0 spiro atoms. The fraction of sp³-hybridized carbons (Fsp3) is 0.659. The highest BCUT2D eigenvalue weighted by atomic mass is 15.4. The number of hydrogen-bond acceptors (Lipinski definition) is 2. The van der Waals surface area contributed by atoms with Gasteiger partial charge in [-0.3, -0.25) is 0 Å². The van der Waals surface area contributed by atoms with Gasteiger partial charge in [0.25, 0.3) is 0 Å². The summed E-state index contributed by atoms with van der Waals surface area (Å²) < 4.78 is 0. The lowest BCUT2D eigenvalue weighted by atomic mass is 9.78. The van der Waals surface area contributed by atoms with E-state index in [-0.39, 0.29) is 5.66 Å². The van der Waals surface area contributed by atoms with Gasteiger partial charge in [-0.05, 0) is 30.4 Å². The standard InChI is InChI=1S/C41H66N2/c1-4-7-9-11-13-15-16-18-20-28-34-43-36-35-42(33-27-19-17-14-12-10-8-5-2)41(43,37-38-29-23-21-24-30-38)40(6-3)39-31-25-22-26-32-39/h21-26,29-32,35-36,40H,4-20,27-28,33-34,37H2,1-3H3. The van der Waals surface area contributed by atoms with E-state index in [0.717, 1.165) is 25.9 Å². The third-order valence-corrected chi connectivity index (χ3v) is 9.90. The maximum atomic E-state index is 2.77. The fourth-order valence-corrected chi connectivity index (χ4v) is 7.44. The molecule has 2 aromatic rings. The molecule has 0 aliphatic carbocycles. The second kappa shape index (κ2) is 21.5. The van der Waals surface area contributed by atoms with Crippen LogP contribution in [-0.4, -0.2) is 28.6 Å². The molecule has 0 saturated heterocycles. The lowest BCUT2D eigenvalue weighted by molar-refractivity contribution is -0.00378. The van der Waals surface area contributed by atoms with E-state index < -0.39 is 0 Å². The van der Waals surface area contributed by atoms with Gasteiger partial charge in [0.1, 0.15) is 5.66 Å². The van der Waals surface area contributed by atoms with Crippen molar-refractivity contribution in [3.8, 4) is 0 Å². The minimum atomic E-state index is -0.0577. The molecule has 2 heteroatoms. The molecular weight excluding hydrogens is 520 g/mol. The zero-order valence-corrected chi connectivity index (χ0v) is 28.5. The van der Waals surface area contributed by atoms with Crippen molar-refractivity contribution in [2.45, 2.75) is 161 Å². The van der Waals surface area contributed by atoms with Gasteiger partial charge in [0.15, 0.2) is 0 Å². The molecule has 0 N–H and O–H groups in total. The van der Waals surface area contributed by atoms with Gasteiger partial charge >= 0.3 is 0 Å². The lowest BCUT2D eigenvalue weighted by Gasteiger charge is -2.51. The van der Waals surface area contributed by atoms with Gasteiger partial charge in [-0.2, -0.15) is 0 Å². The summed E-state index contributed by atoms with van der Waals surface area (Å²) in [7, 11) is 0. The summed E-state index contributed by atoms with van der Waals surface area (Å²) in [6, 6.07) is 22.7. The molecule has 2 aromatic carbocycles. The molecule has 1 heterocycles. The van der Waals surface area contributed by atoms with Crippen LogP contribution in [0.15, 0.2) is 73.1 Å². The Morgan fingerprint density at radius 2 is 0.884 bits per heavy atom. The normalized spacial score (nSPS) is 17.2. The van der Waals surface area contributed by atoms with Gasteiger partial charge in [-0.1, -0.05) is 184 Å². The topological polar surface area (TPSA) is 6.48 Å². The summed E-state index contributed by atoms with van der Waals surface area (Å²) in [4.78, 5) is 5.55. The molecule has 2 atom stereocenters. The summed E-state index contributed by atoms with van der Waals surface area (Å²) >= 11 is 0. The number of nitrogens with zero attached hydrogens (tertiary/aromatic N) is 2. The van der Waals surface area contributed by atoms with Crippen molar-refractivity contribution in [1.29, 1.82) is 0 Å². The molecule has 0 aromatic heterocycles. The molecule has 0 fully saturated rings. The van der Waals surface area contributed by atoms with E-state index in [0.29, 0.717) is 5.92 Å². The second-order valence-corrected chi connectivity index (χ2v) is 13.3. The molecule has 1 aliphatic heterocycles. The van der Waals surface area contributed by atoms with Crippen molar-refractivity contribution in [1.82, 2.24) is 9.80 Å². The zero-order valence-electron chi connectivity index (χ0n) is 28.5. The van der Waals surface area contributed by atoms with Crippen molar-refractivity contribution < 1.29 is 0 Å². The Kier molecular flexibility index (Phi) is 17.6. The van der Waals surface area contributed by atoms with Gasteiger partial charge in [-0.25, -0.2) is 0 Å². The Labute approximate surface area is 267 Å². The number of hydrogen-bond donors (Lipinski definition) is 0. The Morgan fingerprint density at radius 3 is 1.30 bits per heavy atom. The first-order chi connectivity index (χ1) is 21.3. The third-order valence-electron chi connectivity index (χ3n) is 9.90. The quantitative estimate of drug-likeness (QED) is 0.107. The Bertz CT molecular complexity index is 954. The molecule has 2 nitrogen and oxygen atoms in total. The van der Waals surface area contributed by atoms with Gasteiger partial charge in [0.05, 0.1) is 0 Å². The van der Waals surface area contributed by atoms with Crippen LogP contribution in [0.3, 0.4) is 0 Å². The summed E-state index contributed by atoms with van der Waals surface area (Å²) in [5.74, 6) is 0.445. The van der Waals surface area contributed by atoms with E-state index in [1.807, 2.05) is 0 Å². The molecule has 0 bridgehead atoms. The van der Waals surface area contributed by atoms with Crippen LogP contribution in [0.2, 0.25) is 0 Å². The molecular formula is C41H66N2. The van der Waals surface area contributed by atoms with Gasteiger partial charge in [0.2, 0.25) is 0 Å². The highest BCUT2D eigenvalue weighted by molar-refractivity contribution is 5.30. The average Bonchev–Trinajstić information content (AvgIpc) is 3.37. The lowest BCUT2D eigenvalue weighted by Crippen LogP contribution is -2.59. The van der Waals surface area contributed by atoms with E-state index in [9.17, 15) is 0 Å². The molecule has 240 valence electrons. The third kappa shape index (κ3) is 11.7. The SMILES string of the molecule is CCCCCCCCCCCCN1C=CN(CCCCCCCCCC)C1(Cc1ccccc1)C(CC)c1ccccc1. The summed E-state index contributed by atoms with van der Waals surface area (Å²) in [5.41, 5.74) is 2.88. The smallest absolute Gasteiger partial charge is 0.123 e. The molecule has 2 unspecified atom stereocenters. The summed E-state index contributed by atoms with van der Waals surface area (Å²) in [5, 5.41) is 0.